The lowest BCUT2D eigenvalue weighted by Crippen LogP contribution is -2.22. The zero-order valence-electron chi connectivity index (χ0n) is 15.4. The van der Waals surface area contributed by atoms with Gasteiger partial charge in [-0.3, -0.25) is 0 Å². The highest BCUT2D eigenvalue weighted by Gasteiger charge is 2.42. The molecular formula is C26H17ClO. The Morgan fingerprint density at radius 2 is 1.29 bits per heavy atom. The van der Waals surface area contributed by atoms with E-state index in [0.29, 0.717) is 0 Å². The highest BCUT2D eigenvalue weighted by atomic mass is 35.5. The fourth-order valence-corrected chi connectivity index (χ4v) is 5.18. The standard InChI is InChI=1S/C26H17ClO/c1-26(19-11-5-2-8-16(19)17-9-3-6-12-20(17)26)21-14-15-22(27)24-18-10-4-7-13-23(18)28-25(21)24/h2-15H,1H3. The summed E-state index contributed by atoms with van der Waals surface area (Å²) in [7, 11) is 0. The quantitative estimate of drug-likeness (QED) is 0.292. The normalized spacial score (nSPS) is 14.4. The molecule has 0 aliphatic heterocycles. The first kappa shape index (κ1) is 16.0. The highest BCUT2D eigenvalue weighted by Crippen LogP contribution is 2.54. The van der Waals surface area contributed by atoms with Crippen molar-refractivity contribution in [3.63, 3.8) is 0 Å². The van der Waals surface area contributed by atoms with Crippen LogP contribution in [0.1, 0.15) is 23.6 Å². The van der Waals surface area contributed by atoms with Crippen molar-refractivity contribution in [1.82, 2.24) is 0 Å². The molecule has 1 heterocycles. The third-order valence-corrected chi connectivity index (χ3v) is 6.55. The molecule has 1 aliphatic rings. The minimum atomic E-state index is -0.302. The molecule has 28 heavy (non-hydrogen) atoms. The van der Waals surface area contributed by atoms with Crippen LogP contribution in [0.15, 0.2) is 89.3 Å². The minimum absolute atomic E-state index is 0.302. The molecule has 2 heteroatoms. The molecule has 0 radical (unpaired) electrons. The lowest BCUT2D eigenvalue weighted by atomic mass is 9.74. The monoisotopic (exact) mass is 380 g/mol. The van der Waals surface area contributed by atoms with E-state index >= 15 is 0 Å². The Bertz CT molecular complexity index is 1350. The molecule has 4 aromatic carbocycles. The molecule has 0 saturated carbocycles. The molecule has 1 nitrogen and oxygen atoms in total. The van der Waals surface area contributed by atoms with Gasteiger partial charge >= 0.3 is 0 Å². The van der Waals surface area contributed by atoms with Crippen molar-refractivity contribution in [3.05, 3.63) is 107 Å². The van der Waals surface area contributed by atoms with Gasteiger partial charge in [0, 0.05) is 21.8 Å². The second-order valence-corrected chi connectivity index (χ2v) is 8.02. The number of rotatable bonds is 1. The van der Waals surface area contributed by atoms with Gasteiger partial charge in [-0.15, -0.1) is 0 Å². The van der Waals surface area contributed by atoms with Gasteiger partial charge in [0.1, 0.15) is 11.2 Å². The van der Waals surface area contributed by atoms with Crippen molar-refractivity contribution in [2.45, 2.75) is 12.3 Å². The van der Waals surface area contributed by atoms with Crippen LogP contribution in [0.25, 0.3) is 33.1 Å². The molecule has 5 aromatic rings. The second kappa shape index (κ2) is 5.50. The van der Waals surface area contributed by atoms with Crippen LogP contribution in [-0.2, 0) is 5.41 Å². The topological polar surface area (TPSA) is 13.1 Å². The van der Waals surface area contributed by atoms with Crippen LogP contribution < -0.4 is 0 Å². The Balaban J connectivity index is 1.78. The number of halogens is 1. The van der Waals surface area contributed by atoms with Gasteiger partial charge in [0.25, 0.3) is 0 Å². The van der Waals surface area contributed by atoms with Crippen molar-refractivity contribution < 1.29 is 4.42 Å². The molecule has 0 amide bonds. The molecule has 0 fully saturated rings. The number of furan rings is 1. The molecule has 134 valence electrons. The molecule has 0 saturated heterocycles. The summed E-state index contributed by atoms with van der Waals surface area (Å²) in [6.45, 7) is 2.30. The third-order valence-electron chi connectivity index (χ3n) is 6.24. The molecule has 1 aliphatic carbocycles. The van der Waals surface area contributed by atoms with Crippen molar-refractivity contribution >= 4 is 33.5 Å². The number of para-hydroxylation sites is 1. The van der Waals surface area contributed by atoms with Crippen LogP contribution in [0.5, 0.6) is 0 Å². The van der Waals surface area contributed by atoms with Crippen molar-refractivity contribution in [3.8, 4) is 11.1 Å². The first-order valence-corrected chi connectivity index (χ1v) is 9.87. The summed E-state index contributed by atoms with van der Waals surface area (Å²) >= 11 is 6.64. The highest BCUT2D eigenvalue weighted by molar-refractivity contribution is 6.37. The molecule has 1 aromatic heterocycles. The van der Waals surface area contributed by atoms with Crippen molar-refractivity contribution in [1.29, 1.82) is 0 Å². The van der Waals surface area contributed by atoms with E-state index in [4.69, 9.17) is 16.0 Å². The molecule has 0 bridgehead atoms. The maximum atomic E-state index is 6.64. The average molecular weight is 381 g/mol. The minimum Gasteiger partial charge on any atom is -0.456 e. The fraction of sp³-hybridized carbons (Fsp3) is 0.0769. The SMILES string of the molecule is CC1(c2ccc(Cl)c3c2oc2ccccc23)c2ccccc2-c2ccccc21. The zero-order chi connectivity index (χ0) is 18.9. The van der Waals surface area contributed by atoms with Crippen LogP contribution in [0.2, 0.25) is 5.02 Å². The summed E-state index contributed by atoms with van der Waals surface area (Å²) < 4.78 is 6.39. The summed E-state index contributed by atoms with van der Waals surface area (Å²) in [5, 5.41) is 2.79. The third kappa shape index (κ3) is 1.87. The summed E-state index contributed by atoms with van der Waals surface area (Å²) in [4.78, 5) is 0. The first-order valence-electron chi connectivity index (χ1n) is 9.49. The average Bonchev–Trinajstić information content (AvgIpc) is 3.25. The maximum Gasteiger partial charge on any atom is 0.141 e. The smallest absolute Gasteiger partial charge is 0.141 e. The van der Waals surface area contributed by atoms with E-state index in [1.165, 1.54) is 22.3 Å². The maximum absolute atomic E-state index is 6.64. The Labute approximate surface area is 168 Å². The predicted molar refractivity (Wildman–Crippen MR) is 116 cm³/mol. The van der Waals surface area contributed by atoms with Gasteiger partial charge in [0.15, 0.2) is 0 Å². The van der Waals surface area contributed by atoms with E-state index < -0.39 is 0 Å². The summed E-state index contributed by atoms with van der Waals surface area (Å²) in [6, 6.07) is 29.6. The van der Waals surface area contributed by atoms with E-state index in [2.05, 4.69) is 67.6 Å². The van der Waals surface area contributed by atoms with E-state index in [1.807, 2.05) is 24.3 Å². The number of hydrogen-bond donors (Lipinski definition) is 0. The van der Waals surface area contributed by atoms with Crippen LogP contribution in [0.4, 0.5) is 0 Å². The van der Waals surface area contributed by atoms with Gasteiger partial charge in [-0.1, -0.05) is 84.4 Å². The largest absolute Gasteiger partial charge is 0.456 e. The van der Waals surface area contributed by atoms with Crippen LogP contribution in [0, 0.1) is 0 Å². The summed E-state index contributed by atoms with van der Waals surface area (Å²) in [6.07, 6.45) is 0. The number of fused-ring (bicyclic) bond motifs is 6. The Morgan fingerprint density at radius 1 is 0.679 bits per heavy atom. The van der Waals surface area contributed by atoms with E-state index in [9.17, 15) is 0 Å². The Morgan fingerprint density at radius 3 is 2.00 bits per heavy atom. The number of hydrogen-bond acceptors (Lipinski definition) is 1. The number of benzene rings is 4. The molecule has 0 unspecified atom stereocenters. The van der Waals surface area contributed by atoms with Gasteiger partial charge in [0.2, 0.25) is 0 Å². The molecule has 0 atom stereocenters. The Hall–Kier alpha value is -3.03. The van der Waals surface area contributed by atoms with Crippen LogP contribution in [-0.4, -0.2) is 0 Å². The zero-order valence-corrected chi connectivity index (χ0v) is 16.1. The van der Waals surface area contributed by atoms with Crippen LogP contribution >= 0.6 is 11.6 Å². The fourth-order valence-electron chi connectivity index (χ4n) is 4.92. The van der Waals surface area contributed by atoms with Gasteiger partial charge in [-0.25, -0.2) is 0 Å². The van der Waals surface area contributed by atoms with Crippen molar-refractivity contribution in [2.75, 3.05) is 0 Å². The van der Waals surface area contributed by atoms with E-state index in [-0.39, 0.29) is 5.41 Å². The van der Waals surface area contributed by atoms with Crippen molar-refractivity contribution in [2.24, 2.45) is 0 Å². The van der Waals surface area contributed by atoms with Gasteiger partial charge in [0.05, 0.1) is 5.02 Å². The summed E-state index contributed by atoms with van der Waals surface area (Å²) in [5.74, 6) is 0. The predicted octanol–water partition coefficient (Wildman–Crippen LogP) is 7.57. The van der Waals surface area contributed by atoms with Gasteiger partial charge in [-0.2, -0.15) is 0 Å². The second-order valence-electron chi connectivity index (χ2n) is 7.61. The van der Waals surface area contributed by atoms with Crippen LogP contribution in [0.3, 0.4) is 0 Å². The lowest BCUT2D eigenvalue weighted by Gasteiger charge is -2.28. The van der Waals surface area contributed by atoms with E-state index in [1.54, 1.807) is 0 Å². The Kier molecular flexibility index (Phi) is 3.14. The summed E-state index contributed by atoms with van der Waals surface area (Å²) in [5.41, 5.74) is 7.79. The molecular weight excluding hydrogens is 364 g/mol. The molecule has 6 rings (SSSR count). The molecule has 0 N–H and O–H groups in total. The molecule has 0 spiro atoms. The van der Waals surface area contributed by atoms with E-state index in [0.717, 1.165) is 32.5 Å². The van der Waals surface area contributed by atoms with Gasteiger partial charge < -0.3 is 4.42 Å². The lowest BCUT2D eigenvalue weighted by molar-refractivity contribution is 0.638. The first-order chi connectivity index (χ1) is 13.7. The van der Waals surface area contributed by atoms with Gasteiger partial charge in [-0.05, 0) is 41.3 Å².